The first kappa shape index (κ1) is 14.8. The summed E-state index contributed by atoms with van der Waals surface area (Å²) in [5.74, 6) is 5.17. The van der Waals surface area contributed by atoms with Gasteiger partial charge in [-0.1, -0.05) is 19.3 Å². The van der Waals surface area contributed by atoms with Crippen molar-refractivity contribution in [1.29, 1.82) is 0 Å². The molecular formula is C15H17N7O2. The first-order valence-corrected chi connectivity index (χ1v) is 7.91. The molecule has 0 unspecified atom stereocenters. The van der Waals surface area contributed by atoms with E-state index in [0.717, 1.165) is 32.1 Å². The van der Waals surface area contributed by atoms with Crippen molar-refractivity contribution in [3.05, 3.63) is 35.2 Å². The highest BCUT2D eigenvalue weighted by molar-refractivity contribution is 6.01. The monoisotopic (exact) mass is 327 g/mol. The summed E-state index contributed by atoms with van der Waals surface area (Å²) in [5.41, 5.74) is 2.78. The summed E-state index contributed by atoms with van der Waals surface area (Å²) in [4.78, 5) is 24.6. The lowest BCUT2D eigenvalue weighted by Gasteiger charge is -2.35. The summed E-state index contributed by atoms with van der Waals surface area (Å²) in [5, 5.41) is 15.2. The van der Waals surface area contributed by atoms with Crippen molar-refractivity contribution < 1.29 is 9.59 Å². The van der Waals surface area contributed by atoms with Gasteiger partial charge in [-0.05, 0) is 41.5 Å². The zero-order valence-electron chi connectivity index (χ0n) is 13.0. The second-order valence-electron chi connectivity index (χ2n) is 6.22. The summed E-state index contributed by atoms with van der Waals surface area (Å²) < 4.78 is 1.56. The van der Waals surface area contributed by atoms with Crippen molar-refractivity contribution in [2.75, 3.05) is 0 Å². The predicted octanol–water partition coefficient (Wildman–Crippen LogP) is 0.169. The number of rotatable bonds is 1. The molecule has 4 N–H and O–H groups in total. The van der Waals surface area contributed by atoms with Crippen LogP contribution in [0.2, 0.25) is 0 Å². The maximum atomic E-state index is 12.8. The van der Waals surface area contributed by atoms with E-state index < -0.39 is 11.4 Å². The Labute approximate surface area is 137 Å². The van der Waals surface area contributed by atoms with E-state index in [1.165, 1.54) is 0 Å². The first-order valence-electron chi connectivity index (χ1n) is 7.91. The molecule has 0 radical (unpaired) electrons. The fraction of sp³-hybridized carbons (Fsp3) is 0.400. The van der Waals surface area contributed by atoms with Crippen LogP contribution in [0.15, 0.2) is 18.2 Å². The van der Waals surface area contributed by atoms with Crippen LogP contribution in [0.3, 0.4) is 0 Å². The number of fused-ring (bicyclic) bond motifs is 4. The SMILES string of the molecule is NNC(=O)c1ccc2c(c1)-n1nnnc1C1(CCCCC1)NC2=O. The van der Waals surface area contributed by atoms with Crippen molar-refractivity contribution in [1.82, 2.24) is 30.9 Å². The lowest BCUT2D eigenvalue weighted by atomic mass is 9.81. The number of tetrazole rings is 1. The van der Waals surface area contributed by atoms with E-state index in [0.29, 0.717) is 22.6 Å². The molecule has 0 atom stereocenters. The molecular weight excluding hydrogens is 310 g/mol. The number of benzene rings is 1. The maximum Gasteiger partial charge on any atom is 0.265 e. The number of aromatic nitrogens is 4. The average molecular weight is 327 g/mol. The van der Waals surface area contributed by atoms with Gasteiger partial charge in [-0.3, -0.25) is 15.0 Å². The number of amides is 2. The van der Waals surface area contributed by atoms with Gasteiger partial charge < -0.3 is 5.32 Å². The normalized spacial score (nSPS) is 18.3. The zero-order valence-corrected chi connectivity index (χ0v) is 13.0. The third-order valence-corrected chi connectivity index (χ3v) is 4.82. The summed E-state index contributed by atoms with van der Waals surface area (Å²) in [7, 11) is 0. The number of carbonyl (C=O) groups excluding carboxylic acids is 2. The molecule has 9 heteroatoms. The molecule has 2 heterocycles. The lowest BCUT2D eigenvalue weighted by Crippen LogP contribution is -2.47. The van der Waals surface area contributed by atoms with E-state index in [9.17, 15) is 9.59 Å². The second-order valence-corrected chi connectivity index (χ2v) is 6.22. The van der Waals surface area contributed by atoms with Gasteiger partial charge in [0.15, 0.2) is 5.82 Å². The number of nitrogens with zero attached hydrogens (tertiary/aromatic N) is 4. The molecule has 0 saturated heterocycles. The van der Waals surface area contributed by atoms with Crippen molar-refractivity contribution >= 4 is 11.8 Å². The molecule has 24 heavy (non-hydrogen) atoms. The molecule has 1 saturated carbocycles. The highest BCUT2D eigenvalue weighted by Gasteiger charge is 2.43. The van der Waals surface area contributed by atoms with Gasteiger partial charge in [0.25, 0.3) is 11.8 Å². The molecule has 1 aromatic heterocycles. The Bertz CT molecular complexity index is 823. The Balaban J connectivity index is 1.91. The van der Waals surface area contributed by atoms with Crippen molar-refractivity contribution in [3.8, 4) is 5.69 Å². The minimum absolute atomic E-state index is 0.195. The molecule has 2 amide bonds. The Kier molecular flexibility index (Phi) is 3.31. The number of hydrogen-bond acceptors (Lipinski definition) is 6. The van der Waals surface area contributed by atoms with Crippen LogP contribution in [-0.4, -0.2) is 32.0 Å². The predicted molar refractivity (Wildman–Crippen MR) is 83.0 cm³/mol. The molecule has 1 fully saturated rings. The largest absolute Gasteiger partial charge is 0.339 e. The topological polar surface area (TPSA) is 128 Å². The quantitative estimate of drug-likeness (QED) is 0.389. The van der Waals surface area contributed by atoms with Crippen LogP contribution in [0.25, 0.3) is 5.69 Å². The third-order valence-electron chi connectivity index (χ3n) is 4.82. The molecule has 124 valence electrons. The highest BCUT2D eigenvalue weighted by atomic mass is 16.2. The molecule has 0 bridgehead atoms. The number of hydrogen-bond donors (Lipinski definition) is 3. The Morgan fingerprint density at radius 1 is 1.29 bits per heavy atom. The fourth-order valence-electron chi connectivity index (χ4n) is 3.62. The lowest BCUT2D eigenvalue weighted by molar-refractivity contribution is 0.0862. The van der Waals surface area contributed by atoms with E-state index in [2.05, 4.69) is 26.3 Å². The van der Waals surface area contributed by atoms with Gasteiger partial charge >= 0.3 is 0 Å². The van der Waals surface area contributed by atoms with Gasteiger partial charge in [-0.2, -0.15) is 4.68 Å². The smallest absolute Gasteiger partial charge is 0.265 e. The van der Waals surface area contributed by atoms with E-state index >= 15 is 0 Å². The van der Waals surface area contributed by atoms with Gasteiger partial charge in [0.1, 0.15) is 5.54 Å². The first-order chi connectivity index (χ1) is 11.6. The van der Waals surface area contributed by atoms with E-state index in [4.69, 9.17) is 5.84 Å². The minimum Gasteiger partial charge on any atom is -0.339 e. The fourth-order valence-corrected chi connectivity index (χ4v) is 3.62. The van der Waals surface area contributed by atoms with E-state index in [1.54, 1.807) is 22.9 Å². The third kappa shape index (κ3) is 2.08. The second kappa shape index (κ2) is 5.38. The van der Waals surface area contributed by atoms with Gasteiger partial charge in [0.05, 0.1) is 11.3 Å². The van der Waals surface area contributed by atoms with Crippen molar-refractivity contribution in [2.24, 2.45) is 5.84 Å². The molecule has 1 aromatic carbocycles. The number of nitrogen functional groups attached to an aromatic ring is 1. The van der Waals surface area contributed by atoms with Crippen LogP contribution < -0.4 is 16.6 Å². The van der Waals surface area contributed by atoms with Crippen molar-refractivity contribution in [3.63, 3.8) is 0 Å². The van der Waals surface area contributed by atoms with Crippen LogP contribution in [0, 0.1) is 0 Å². The number of carbonyl (C=O) groups is 2. The number of hydrazine groups is 1. The Morgan fingerprint density at radius 2 is 2.08 bits per heavy atom. The standard InChI is InChI=1S/C15H17N7O2/c16-18-12(23)9-4-5-10-11(8-9)22-14(19-20-21-22)15(17-13(10)24)6-2-1-3-7-15/h4-5,8H,1-3,6-7,16H2,(H,17,24)(H,18,23). The molecule has 4 rings (SSSR count). The van der Waals surface area contributed by atoms with Crippen LogP contribution in [0.1, 0.15) is 58.6 Å². The van der Waals surface area contributed by atoms with Crippen LogP contribution in [-0.2, 0) is 5.54 Å². The zero-order chi connectivity index (χ0) is 16.7. The number of nitrogens with one attached hydrogen (secondary N) is 2. The Morgan fingerprint density at radius 3 is 2.83 bits per heavy atom. The number of nitrogens with two attached hydrogens (primary N) is 1. The van der Waals surface area contributed by atoms with Gasteiger partial charge in [0, 0.05) is 5.56 Å². The molecule has 1 aliphatic heterocycles. The van der Waals surface area contributed by atoms with Gasteiger partial charge in [0.2, 0.25) is 0 Å². The summed E-state index contributed by atoms with van der Waals surface area (Å²) in [6.45, 7) is 0. The van der Waals surface area contributed by atoms with Gasteiger partial charge in [-0.15, -0.1) is 5.10 Å². The Hall–Kier alpha value is -2.81. The molecule has 1 spiro atoms. The summed E-state index contributed by atoms with van der Waals surface area (Å²) in [6.07, 6.45) is 4.73. The molecule has 2 aliphatic rings. The van der Waals surface area contributed by atoms with Crippen LogP contribution >= 0.6 is 0 Å². The van der Waals surface area contributed by atoms with Crippen molar-refractivity contribution in [2.45, 2.75) is 37.6 Å². The van der Waals surface area contributed by atoms with Crippen LogP contribution in [0.4, 0.5) is 0 Å². The van der Waals surface area contributed by atoms with Crippen LogP contribution in [0.5, 0.6) is 0 Å². The van der Waals surface area contributed by atoms with Gasteiger partial charge in [-0.25, -0.2) is 5.84 Å². The molecule has 2 aromatic rings. The summed E-state index contributed by atoms with van der Waals surface area (Å²) in [6, 6.07) is 4.74. The highest BCUT2D eigenvalue weighted by Crippen LogP contribution is 2.39. The summed E-state index contributed by atoms with van der Waals surface area (Å²) >= 11 is 0. The molecule has 9 nitrogen and oxygen atoms in total. The van der Waals surface area contributed by atoms with E-state index in [1.807, 2.05) is 0 Å². The molecule has 1 aliphatic carbocycles. The maximum absolute atomic E-state index is 12.8. The minimum atomic E-state index is -0.561. The average Bonchev–Trinajstić information content (AvgIpc) is 3.08. The van der Waals surface area contributed by atoms with E-state index in [-0.39, 0.29) is 5.91 Å².